The van der Waals surface area contributed by atoms with Crippen molar-refractivity contribution in [3.05, 3.63) is 59.2 Å². The fraction of sp³-hybridized carbons (Fsp3) is 0.263. The van der Waals surface area contributed by atoms with E-state index in [9.17, 15) is 9.59 Å². The quantitative estimate of drug-likeness (QED) is 0.636. The van der Waals surface area contributed by atoms with E-state index < -0.39 is 11.9 Å². The minimum Gasteiger partial charge on any atom is -0.468 e. The van der Waals surface area contributed by atoms with Gasteiger partial charge in [-0.2, -0.15) is 0 Å². The summed E-state index contributed by atoms with van der Waals surface area (Å²) in [6, 6.07) is 13.9. The van der Waals surface area contributed by atoms with Gasteiger partial charge in [-0.3, -0.25) is 9.59 Å². The van der Waals surface area contributed by atoms with Crippen LogP contribution in [0.3, 0.4) is 0 Å². The molecule has 1 atom stereocenters. The summed E-state index contributed by atoms with van der Waals surface area (Å²) in [5, 5.41) is 0. The van der Waals surface area contributed by atoms with E-state index in [0.29, 0.717) is 0 Å². The maximum absolute atomic E-state index is 12.0. The van der Waals surface area contributed by atoms with E-state index >= 15 is 0 Å². The Labute approximate surface area is 130 Å². The van der Waals surface area contributed by atoms with Crippen molar-refractivity contribution in [2.45, 2.75) is 26.7 Å². The molecule has 0 aliphatic heterocycles. The van der Waals surface area contributed by atoms with E-state index in [4.69, 9.17) is 4.74 Å². The number of benzene rings is 2. The number of aryl methyl sites for hydroxylation is 1. The Morgan fingerprint density at radius 1 is 1.00 bits per heavy atom. The number of hydrogen-bond acceptors (Lipinski definition) is 3. The molecule has 0 aromatic heterocycles. The Morgan fingerprint density at radius 3 is 2.18 bits per heavy atom. The van der Waals surface area contributed by atoms with E-state index in [1.54, 1.807) is 0 Å². The summed E-state index contributed by atoms with van der Waals surface area (Å²) in [5.74, 6) is -1.59. The summed E-state index contributed by atoms with van der Waals surface area (Å²) in [5.41, 5.74) is 4.77. The molecule has 0 fully saturated rings. The van der Waals surface area contributed by atoms with Crippen LogP contribution in [-0.4, -0.2) is 18.9 Å². The zero-order valence-corrected chi connectivity index (χ0v) is 13.3. The van der Waals surface area contributed by atoms with Crippen molar-refractivity contribution in [1.29, 1.82) is 0 Å². The number of carbonyl (C=O) groups excluding carboxylic acids is 2. The van der Waals surface area contributed by atoms with Crippen LogP contribution in [0.15, 0.2) is 42.5 Å². The molecule has 0 aliphatic carbocycles. The fourth-order valence-corrected chi connectivity index (χ4v) is 2.61. The minimum absolute atomic E-state index is 0.209. The lowest BCUT2D eigenvalue weighted by atomic mass is 9.86. The van der Waals surface area contributed by atoms with E-state index in [-0.39, 0.29) is 5.78 Å². The second-order valence-corrected chi connectivity index (χ2v) is 5.44. The van der Waals surface area contributed by atoms with Crippen molar-refractivity contribution in [2.24, 2.45) is 0 Å². The Kier molecular flexibility index (Phi) is 4.76. The number of methoxy groups -OCH3 is 1. The van der Waals surface area contributed by atoms with Gasteiger partial charge in [0.25, 0.3) is 0 Å². The van der Waals surface area contributed by atoms with Gasteiger partial charge < -0.3 is 4.74 Å². The second-order valence-electron chi connectivity index (χ2n) is 5.44. The average Bonchev–Trinajstić information content (AvgIpc) is 2.51. The maximum atomic E-state index is 12.0. The molecule has 2 aromatic rings. The monoisotopic (exact) mass is 296 g/mol. The molecule has 0 saturated heterocycles. The van der Waals surface area contributed by atoms with Crippen LogP contribution in [0.1, 0.15) is 29.5 Å². The van der Waals surface area contributed by atoms with Crippen molar-refractivity contribution < 1.29 is 14.3 Å². The summed E-state index contributed by atoms with van der Waals surface area (Å²) >= 11 is 0. The first-order chi connectivity index (χ1) is 10.5. The number of ketones is 1. The first kappa shape index (κ1) is 16.0. The molecule has 2 aromatic carbocycles. The molecule has 0 bridgehead atoms. The molecule has 0 heterocycles. The van der Waals surface area contributed by atoms with E-state index in [2.05, 4.69) is 6.07 Å². The largest absolute Gasteiger partial charge is 0.468 e. The normalized spacial score (nSPS) is 11.8. The van der Waals surface area contributed by atoms with Crippen LogP contribution in [0.25, 0.3) is 11.1 Å². The molecule has 0 radical (unpaired) electrons. The Morgan fingerprint density at radius 2 is 1.64 bits per heavy atom. The first-order valence-electron chi connectivity index (χ1n) is 7.20. The fourth-order valence-electron chi connectivity index (χ4n) is 2.61. The molecule has 0 amide bonds. The lowest BCUT2D eigenvalue weighted by Crippen LogP contribution is -2.22. The summed E-state index contributed by atoms with van der Waals surface area (Å²) in [6.45, 7) is 5.34. The average molecular weight is 296 g/mol. The molecule has 22 heavy (non-hydrogen) atoms. The van der Waals surface area contributed by atoms with Crippen LogP contribution in [0, 0.1) is 13.8 Å². The van der Waals surface area contributed by atoms with Crippen LogP contribution in [-0.2, 0) is 14.3 Å². The van der Waals surface area contributed by atoms with Gasteiger partial charge in [0.2, 0.25) is 0 Å². The highest BCUT2D eigenvalue weighted by Gasteiger charge is 2.28. The number of rotatable bonds is 4. The van der Waals surface area contributed by atoms with Crippen LogP contribution < -0.4 is 0 Å². The Hall–Kier alpha value is -2.42. The zero-order valence-electron chi connectivity index (χ0n) is 13.3. The zero-order chi connectivity index (χ0) is 16.3. The number of hydrogen-bond donors (Lipinski definition) is 0. The van der Waals surface area contributed by atoms with Crippen molar-refractivity contribution in [3.8, 4) is 11.1 Å². The van der Waals surface area contributed by atoms with Crippen molar-refractivity contribution >= 4 is 11.8 Å². The summed E-state index contributed by atoms with van der Waals surface area (Å²) in [7, 11) is 1.31. The third kappa shape index (κ3) is 3.08. The highest BCUT2D eigenvalue weighted by Crippen LogP contribution is 2.30. The van der Waals surface area contributed by atoms with Gasteiger partial charge in [0, 0.05) is 0 Å². The van der Waals surface area contributed by atoms with Crippen LogP contribution in [0.4, 0.5) is 0 Å². The number of Topliss-reactive ketones (excluding diaryl/α,β-unsaturated/α-hetero) is 1. The van der Waals surface area contributed by atoms with Gasteiger partial charge in [-0.15, -0.1) is 0 Å². The van der Waals surface area contributed by atoms with Gasteiger partial charge in [-0.1, -0.05) is 36.4 Å². The Balaban J connectivity index is 2.63. The van der Waals surface area contributed by atoms with E-state index in [1.807, 2.05) is 50.2 Å². The molecule has 0 saturated carbocycles. The predicted octanol–water partition coefficient (Wildman–Crippen LogP) is 3.82. The van der Waals surface area contributed by atoms with Gasteiger partial charge in [0.15, 0.2) is 0 Å². The van der Waals surface area contributed by atoms with Gasteiger partial charge in [0.05, 0.1) is 7.11 Å². The van der Waals surface area contributed by atoms with Crippen LogP contribution in [0.5, 0.6) is 0 Å². The number of ether oxygens (including phenoxy) is 1. The standard InChI is InChI=1S/C19H20O3/c1-12-10-16(15-8-6-5-7-9-15)11-17(13(12)2)18(14(3)20)19(21)22-4/h5-11,18H,1-4H3. The third-order valence-corrected chi connectivity index (χ3v) is 3.97. The van der Waals surface area contributed by atoms with E-state index in [1.165, 1.54) is 14.0 Å². The molecule has 2 rings (SSSR count). The van der Waals surface area contributed by atoms with Gasteiger partial charge in [0.1, 0.15) is 11.7 Å². The lowest BCUT2D eigenvalue weighted by molar-refractivity contribution is -0.145. The molecule has 1 unspecified atom stereocenters. The highest BCUT2D eigenvalue weighted by molar-refractivity contribution is 6.04. The molecule has 114 valence electrons. The predicted molar refractivity (Wildman–Crippen MR) is 86.8 cm³/mol. The summed E-state index contributed by atoms with van der Waals surface area (Å²) < 4.78 is 4.81. The molecule has 0 aliphatic rings. The number of carbonyl (C=O) groups is 2. The van der Waals surface area contributed by atoms with Crippen LogP contribution in [0.2, 0.25) is 0 Å². The third-order valence-electron chi connectivity index (χ3n) is 3.97. The SMILES string of the molecule is COC(=O)C(C(C)=O)c1cc(-c2ccccc2)cc(C)c1C. The first-order valence-corrected chi connectivity index (χ1v) is 7.20. The minimum atomic E-state index is -0.868. The molecule has 3 heteroatoms. The van der Waals surface area contributed by atoms with Crippen LogP contribution >= 0.6 is 0 Å². The smallest absolute Gasteiger partial charge is 0.320 e. The highest BCUT2D eigenvalue weighted by atomic mass is 16.5. The van der Waals surface area contributed by atoms with Gasteiger partial charge in [-0.05, 0) is 54.7 Å². The van der Waals surface area contributed by atoms with Crippen molar-refractivity contribution in [2.75, 3.05) is 7.11 Å². The topological polar surface area (TPSA) is 43.4 Å². The van der Waals surface area contributed by atoms with Crippen molar-refractivity contribution in [1.82, 2.24) is 0 Å². The second kappa shape index (κ2) is 6.56. The molecule has 3 nitrogen and oxygen atoms in total. The molecular formula is C19H20O3. The van der Waals surface area contributed by atoms with Gasteiger partial charge in [-0.25, -0.2) is 0 Å². The molecule has 0 N–H and O–H groups in total. The molecular weight excluding hydrogens is 276 g/mol. The van der Waals surface area contributed by atoms with Crippen molar-refractivity contribution in [3.63, 3.8) is 0 Å². The van der Waals surface area contributed by atoms with Gasteiger partial charge >= 0.3 is 5.97 Å². The lowest BCUT2D eigenvalue weighted by Gasteiger charge is -2.18. The Bertz CT molecular complexity index is 702. The summed E-state index contributed by atoms with van der Waals surface area (Å²) in [4.78, 5) is 24.0. The van der Waals surface area contributed by atoms with E-state index in [0.717, 1.165) is 27.8 Å². The summed E-state index contributed by atoms with van der Waals surface area (Å²) in [6.07, 6.45) is 0. The number of esters is 1. The maximum Gasteiger partial charge on any atom is 0.320 e. The molecule has 0 spiro atoms.